The molecule has 0 N–H and O–H groups in total. The molecular weight excluding hydrogens is 258 g/mol. The molecule has 0 fully saturated rings. The normalized spacial score (nSPS) is 10.5. The molecule has 0 spiro atoms. The van der Waals surface area contributed by atoms with Crippen LogP contribution in [0.3, 0.4) is 0 Å². The number of rotatable bonds is 4. The number of benzene rings is 1. The summed E-state index contributed by atoms with van der Waals surface area (Å²) in [7, 11) is 0. The van der Waals surface area contributed by atoms with Crippen molar-refractivity contribution < 1.29 is 9.53 Å². The number of carbonyl (C=O) groups excluding carboxylic acids is 1. The first-order valence-corrected chi connectivity index (χ1v) is 6.95. The average molecular weight is 275 g/mol. The van der Waals surface area contributed by atoms with Gasteiger partial charge in [-0.1, -0.05) is 6.07 Å². The number of hydrogen-bond donors (Lipinski definition) is 0. The molecule has 0 aliphatic heterocycles. The second kappa shape index (κ2) is 5.53. The molecule has 1 aromatic carbocycles. The molecule has 0 unspecified atom stereocenters. The number of thiazole rings is 1. The van der Waals surface area contributed by atoms with Crippen LogP contribution in [0, 0.1) is 20.8 Å². The number of Topliss-reactive ketones (excluding diaryl/α,β-unsaturated/α-hetero) is 1. The van der Waals surface area contributed by atoms with Crippen LogP contribution in [0.2, 0.25) is 0 Å². The van der Waals surface area contributed by atoms with Crippen molar-refractivity contribution in [2.45, 2.75) is 34.3 Å². The van der Waals surface area contributed by atoms with Gasteiger partial charge >= 0.3 is 0 Å². The van der Waals surface area contributed by atoms with E-state index in [1.165, 1.54) is 22.5 Å². The van der Waals surface area contributed by atoms with Crippen molar-refractivity contribution in [3.63, 3.8) is 0 Å². The van der Waals surface area contributed by atoms with Gasteiger partial charge in [0, 0.05) is 6.92 Å². The number of aryl methyl sites for hydroxylation is 3. The number of aromatic nitrogens is 1. The van der Waals surface area contributed by atoms with Crippen LogP contribution in [0.4, 0.5) is 0 Å². The first kappa shape index (κ1) is 13.7. The summed E-state index contributed by atoms with van der Waals surface area (Å²) in [6.45, 7) is 7.91. The molecule has 0 atom stereocenters. The number of ether oxygens (including phenoxy) is 1. The van der Waals surface area contributed by atoms with Crippen LogP contribution in [-0.2, 0) is 6.61 Å². The van der Waals surface area contributed by atoms with E-state index >= 15 is 0 Å². The van der Waals surface area contributed by atoms with E-state index in [9.17, 15) is 4.79 Å². The minimum absolute atomic E-state index is 0.0626. The maximum Gasteiger partial charge on any atom is 0.171 e. The van der Waals surface area contributed by atoms with E-state index in [0.717, 1.165) is 21.3 Å². The van der Waals surface area contributed by atoms with Gasteiger partial charge in [0.05, 0.1) is 10.6 Å². The Kier molecular flexibility index (Phi) is 4.00. The quantitative estimate of drug-likeness (QED) is 0.796. The summed E-state index contributed by atoms with van der Waals surface area (Å²) in [6, 6.07) is 6.10. The first-order chi connectivity index (χ1) is 8.95. The SMILES string of the molecule is CC(=O)c1sc(COc2cc(C)cc(C)c2)nc1C. The van der Waals surface area contributed by atoms with Crippen LogP contribution >= 0.6 is 11.3 Å². The molecule has 2 rings (SSSR count). The summed E-state index contributed by atoms with van der Waals surface area (Å²) in [5.74, 6) is 0.905. The molecule has 0 saturated heterocycles. The smallest absolute Gasteiger partial charge is 0.171 e. The summed E-state index contributed by atoms with van der Waals surface area (Å²) in [4.78, 5) is 16.5. The monoisotopic (exact) mass is 275 g/mol. The van der Waals surface area contributed by atoms with Crippen molar-refractivity contribution in [2.75, 3.05) is 0 Å². The van der Waals surface area contributed by atoms with Gasteiger partial charge in [0.15, 0.2) is 5.78 Å². The molecule has 0 amide bonds. The van der Waals surface area contributed by atoms with Crippen LogP contribution < -0.4 is 4.74 Å². The van der Waals surface area contributed by atoms with E-state index < -0.39 is 0 Å². The summed E-state index contributed by atoms with van der Waals surface area (Å²) in [6.07, 6.45) is 0. The minimum atomic E-state index is 0.0626. The van der Waals surface area contributed by atoms with Gasteiger partial charge in [0.2, 0.25) is 0 Å². The van der Waals surface area contributed by atoms with Crippen LogP contribution in [0.25, 0.3) is 0 Å². The van der Waals surface area contributed by atoms with E-state index in [1.807, 2.05) is 32.9 Å². The highest BCUT2D eigenvalue weighted by atomic mass is 32.1. The third-order valence-electron chi connectivity index (χ3n) is 2.72. The maximum absolute atomic E-state index is 11.4. The van der Waals surface area contributed by atoms with Crippen LogP contribution in [0.15, 0.2) is 18.2 Å². The first-order valence-electron chi connectivity index (χ1n) is 6.14. The Labute approximate surface area is 117 Å². The maximum atomic E-state index is 11.4. The Balaban J connectivity index is 2.10. The fourth-order valence-electron chi connectivity index (χ4n) is 2.00. The summed E-state index contributed by atoms with van der Waals surface area (Å²) < 4.78 is 5.74. The summed E-state index contributed by atoms with van der Waals surface area (Å²) >= 11 is 1.41. The Bertz CT molecular complexity index is 596. The number of nitrogens with zero attached hydrogens (tertiary/aromatic N) is 1. The Hall–Kier alpha value is -1.68. The molecule has 0 aliphatic rings. The molecular formula is C15H17NO2S. The lowest BCUT2D eigenvalue weighted by Crippen LogP contribution is -1.95. The van der Waals surface area contributed by atoms with Crippen LogP contribution in [-0.4, -0.2) is 10.8 Å². The fraction of sp³-hybridized carbons (Fsp3) is 0.333. The van der Waals surface area contributed by atoms with E-state index in [4.69, 9.17) is 4.74 Å². The summed E-state index contributed by atoms with van der Waals surface area (Å²) in [5.41, 5.74) is 3.14. The van der Waals surface area contributed by atoms with E-state index in [1.54, 1.807) is 6.92 Å². The summed E-state index contributed by atoms with van der Waals surface area (Å²) in [5, 5.41) is 0.835. The van der Waals surface area contributed by atoms with Crippen molar-refractivity contribution in [2.24, 2.45) is 0 Å². The lowest BCUT2D eigenvalue weighted by atomic mass is 10.1. The Morgan fingerprint density at radius 3 is 2.37 bits per heavy atom. The van der Waals surface area contributed by atoms with Gasteiger partial charge in [-0.2, -0.15) is 0 Å². The van der Waals surface area contributed by atoms with E-state index in [-0.39, 0.29) is 5.78 Å². The van der Waals surface area contributed by atoms with Crippen molar-refractivity contribution in [3.05, 3.63) is 44.9 Å². The van der Waals surface area contributed by atoms with E-state index in [0.29, 0.717) is 6.61 Å². The molecule has 19 heavy (non-hydrogen) atoms. The van der Waals surface area contributed by atoms with Crippen LogP contribution in [0.1, 0.15) is 38.4 Å². The zero-order valence-electron chi connectivity index (χ0n) is 11.6. The minimum Gasteiger partial charge on any atom is -0.486 e. The highest BCUT2D eigenvalue weighted by Gasteiger charge is 2.11. The van der Waals surface area contributed by atoms with Crippen molar-refractivity contribution in [1.82, 2.24) is 4.98 Å². The van der Waals surface area contributed by atoms with Gasteiger partial charge in [-0.15, -0.1) is 11.3 Å². The lowest BCUT2D eigenvalue weighted by Gasteiger charge is -2.06. The van der Waals surface area contributed by atoms with Gasteiger partial charge in [-0.3, -0.25) is 4.79 Å². The second-order valence-corrected chi connectivity index (χ2v) is 5.77. The molecule has 0 saturated carbocycles. The molecule has 2 aromatic rings. The van der Waals surface area contributed by atoms with Crippen LogP contribution in [0.5, 0.6) is 5.75 Å². The van der Waals surface area contributed by atoms with Crippen molar-refractivity contribution >= 4 is 17.1 Å². The zero-order chi connectivity index (χ0) is 14.0. The number of hydrogen-bond acceptors (Lipinski definition) is 4. The van der Waals surface area contributed by atoms with Gasteiger partial charge in [0.1, 0.15) is 17.4 Å². The molecule has 100 valence electrons. The third-order valence-corrected chi connectivity index (χ3v) is 3.95. The Morgan fingerprint density at radius 1 is 1.21 bits per heavy atom. The van der Waals surface area contributed by atoms with Gasteiger partial charge in [-0.25, -0.2) is 4.98 Å². The van der Waals surface area contributed by atoms with Crippen molar-refractivity contribution in [3.8, 4) is 5.75 Å². The average Bonchev–Trinajstić information content (AvgIpc) is 2.67. The highest BCUT2D eigenvalue weighted by Crippen LogP contribution is 2.22. The Morgan fingerprint density at radius 2 is 1.84 bits per heavy atom. The lowest BCUT2D eigenvalue weighted by molar-refractivity contribution is 0.102. The van der Waals surface area contributed by atoms with Crippen molar-refractivity contribution in [1.29, 1.82) is 0 Å². The number of ketones is 1. The standard InChI is InChI=1S/C15H17NO2S/c1-9-5-10(2)7-13(6-9)18-8-14-16-11(3)15(19-14)12(4)17/h5-7H,8H2,1-4H3. The van der Waals surface area contributed by atoms with Gasteiger partial charge in [0.25, 0.3) is 0 Å². The fourth-order valence-corrected chi connectivity index (χ4v) is 2.88. The molecule has 0 radical (unpaired) electrons. The largest absolute Gasteiger partial charge is 0.486 e. The molecule has 3 nitrogen and oxygen atoms in total. The third kappa shape index (κ3) is 3.41. The van der Waals surface area contributed by atoms with Gasteiger partial charge in [-0.05, 0) is 44.0 Å². The topological polar surface area (TPSA) is 39.2 Å². The molecule has 0 bridgehead atoms. The molecule has 0 aliphatic carbocycles. The molecule has 4 heteroatoms. The molecule has 1 aromatic heterocycles. The predicted molar refractivity (Wildman–Crippen MR) is 77.1 cm³/mol. The highest BCUT2D eigenvalue weighted by molar-refractivity contribution is 7.13. The van der Waals surface area contributed by atoms with Gasteiger partial charge < -0.3 is 4.74 Å². The van der Waals surface area contributed by atoms with E-state index in [2.05, 4.69) is 11.1 Å². The molecule has 1 heterocycles. The zero-order valence-corrected chi connectivity index (χ0v) is 12.4. The number of carbonyl (C=O) groups is 1. The second-order valence-electron chi connectivity index (χ2n) is 4.69. The predicted octanol–water partition coefficient (Wildman–Crippen LogP) is 3.85.